The number of aromatic nitrogens is 1. The summed E-state index contributed by atoms with van der Waals surface area (Å²) in [6.45, 7) is 5.48. The number of sulfonamides is 1. The molecule has 1 aliphatic rings. The molecule has 0 unspecified atom stereocenters. The van der Waals surface area contributed by atoms with Crippen LogP contribution in [0.15, 0.2) is 29.3 Å². The standard InChI is InChI=1S/C21H28ClN5O4S/c1-21(2,3)31-19(28)12-4-6-13(7-5-12)27-32(29,30)14-8-9-15-16(10-14)18(26-20(23)24)25-11-17(15)22/h8-13,27H,4-7H2,1-3H3,(H4,23,24,25,26)/t12-,13+. The highest BCUT2D eigenvalue weighted by Gasteiger charge is 2.32. The molecular weight excluding hydrogens is 454 g/mol. The number of halogens is 1. The quantitative estimate of drug-likeness (QED) is 0.290. The van der Waals surface area contributed by atoms with Crippen molar-refractivity contribution in [3.8, 4) is 0 Å². The Kier molecular flexibility index (Phi) is 6.97. The number of carbonyl (C=O) groups is 1. The van der Waals surface area contributed by atoms with Crippen molar-refractivity contribution in [1.82, 2.24) is 9.71 Å². The molecule has 9 nitrogen and oxygen atoms in total. The van der Waals surface area contributed by atoms with Crippen LogP contribution in [0.5, 0.6) is 0 Å². The fraction of sp³-hybridized carbons (Fsp3) is 0.476. The third kappa shape index (κ3) is 5.87. The van der Waals surface area contributed by atoms with E-state index in [1.54, 1.807) is 6.07 Å². The van der Waals surface area contributed by atoms with Gasteiger partial charge in [-0.3, -0.25) is 10.2 Å². The van der Waals surface area contributed by atoms with Gasteiger partial charge in [-0.2, -0.15) is 0 Å². The van der Waals surface area contributed by atoms with Crippen LogP contribution in [0.3, 0.4) is 0 Å². The molecule has 0 bridgehead atoms. The number of ether oxygens (including phenoxy) is 1. The Labute approximate surface area is 192 Å². The largest absolute Gasteiger partial charge is 0.460 e. The summed E-state index contributed by atoms with van der Waals surface area (Å²) < 4.78 is 34.2. The van der Waals surface area contributed by atoms with E-state index in [0.29, 0.717) is 41.5 Å². The van der Waals surface area contributed by atoms with Crippen LogP contribution in [0.25, 0.3) is 10.8 Å². The van der Waals surface area contributed by atoms with Gasteiger partial charge in [0.1, 0.15) is 11.4 Å². The van der Waals surface area contributed by atoms with E-state index < -0.39 is 15.6 Å². The van der Waals surface area contributed by atoms with Crippen molar-refractivity contribution in [1.29, 1.82) is 5.41 Å². The van der Waals surface area contributed by atoms with Crippen LogP contribution in [-0.4, -0.2) is 37.0 Å². The molecule has 0 amide bonds. The van der Waals surface area contributed by atoms with Gasteiger partial charge in [-0.25, -0.2) is 18.1 Å². The molecule has 2 aromatic rings. The van der Waals surface area contributed by atoms with E-state index in [-0.39, 0.29) is 34.6 Å². The molecule has 5 N–H and O–H groups in total. The lowest BCUT2D eigenvalue weighted by Gasteiger charge is -2.30. The zero-order valence-corrected chi connectivity index (χ0v) is 19.8. The zero-order chi connectivity index (χ0) is 23.7. The molecule has 1 aliphatic carbocycles. The molecule has 1 heterocycles. The van der Waals surface area contributed by atoms with Crippen LogP contribution >= 0.6 is 11.6 Å². The van der Waals surface area contributed by atoms with Gasteiger partial charge in [0.25, 0.3) is 0 Å². The Hall–Kier alpha value is -2.43. The summed E-state index contributed by atoms with van der Waals surface area (Å²) >= 11 is 6.19. The summed E-state index contributed by atoms with van der Waals surface area (Å²) in [6, 6.07) is 4.24. The minimum Gasteiger partial charge on any atom is -0.460 e. The SMILES string of the molecule is CC(C)(C)OC(=O)[C@H]1CC[C@@H](NS(=O)(=O)c2ccc3c(Cl)cnc(NC(=N)N)c3c2)CC1. The van der Waals surface area contributed by atoms with Gasteiger partial charge in [0.05, 0.1) is 15.8 Å². The molecule has 0 aliphatic heterocycles. The maximum Gasteiger partial charge on any atom is 0.309 e. The molecular formula is C21H28ClN5O4S. The predicted octanol–water partition coefficient (Wildman–Crippen LogP) is 3.37. The summed E-state index contributed by atoms with van der Waals surface area (Å²) in [7, 11) is -3.83. The van der Waals surface area contributed by atoms with E-state index in [4.69, 9.17) is 27.5 Å². The lowest BCUT2D eigenvalue weighted by Crippen LogP contribution is -2.39. The van der Waals surface area contributed by atoms with Gasteiger partial charge < -0.3 is 15.8 Å². The number of anilines is 1. The Morgan fingerprint density at radius 3 is 2.47 bits per heavy atom. The normalized spacial score (nSPS) is 19.5. The van der Waals surface area contributed by atoms with E-state index in [9.17, 15) is 13.2 Å². The molecule has 1 saturated carbocycles. The van der Waals surface area contributed by atoms with Gasteiger partial charge >= 0.3 is 5.97 Å². The van der Waals surface area contributed by atoms with Crippen molar-refractivity contribution in [3.05, 3.63) is 29.4 Å². The fourth-order valence-corrected chi connectivity index (χ4v) is 5.25. The zero-order valence-electron chi connectivity index (χ0n) is 18.2. The molecule has 1 aromatic heterocycles. The van der Waals surface area contributed by atoms with Crippen molar-refractivity contribution >= 4 is 50.1 Å². The number of nitrogens with zero attached hydrogens (tertiary/aromatic N) is 1. The molecule has 0 spiro atoms. The predicted molar refractivity (Wildman–Crippen MR) is 124 cm³/mol. The molecule has 1 fully saturated rings. The number of nitrogens with two attached hydrogens (primary N) is 1. The van der Waals surface area contributed by atoms with Gasteiger partial charge in [-0.05, 0) is 58.6 Å². The maximum atomic E-state index is 13.0. The van der Waals surface area contributed by atoms with Crippen molar-refractivity contribution in [3.63, 3.8) is 0 Å². The Morgan fingerprint density at radius 1 is 1.22 bits per heavy atom. The third-order valence-electron chi connectivity index (χ3n) is 5.16. The number of fused-ring (bicyclic) bond motifs is 1. The number of guanidine groups is 1. The first-order valence-corrected chi connectivity index (χ1v) is 12.2. The first-order chi connectivity index (χ1) is 14.9. The number of carbonyl (C=O) groups excluding carboxylic acids is 1. The van der Waals surface area contributed by atoms with Gasteiger partial charge in [0.15, 0.2) is 5.96 Å². The second kappa shape index (κ2) is 9.21. The monoisotopic (exact) mass is 481 g/mol. The number of nitrogens with one attached hydrogen (secondary N) is 3. The highest BCUT2D eigenvalue weighted by Crippen LogP contribution is 2.31. The number of benzene rings is 1. The second-order valence-corrected chi connectivity index (χ2v) is 11.0. The summed E-state index contributed by atoms with van der Waals surface area (Å²) in [4.78, 5) is 16.4. The highest BCUT2D eigenvalue weighted by molar-refractivity contribution is 7.89. The van der Waals surface area contributed by atoms with Crippen LogP contribution in [0, 0.1) is 11.3 Å². The van der Waals surface area contributed by atoms with E-state index in [1.165, 1.54) is 18.3 Å². The number of hydrogen-bond acceptors (Lipinski definition) is 6. The van der Waals surface area contributed by atoms with Gasteiger partial charge in [0.2, 0.25) is 10.0 Å². The average Bonchev–Trinajstić information content (AvgIpc) is 2.68. The first kappa shape index (κ1) is 24.2. The Balaban J connectivity index is 1.75. The fourth-order valence-electron chi connectivity index (χ4n) is 3.70. The molecule has 1 aromatic carbocycles. The first-order valence-electron chi connectivity index (χ1n) is 10.3. The number of hydrogen-bond donors (Lipinski definition) is 4. The van der Waals surface area contributed by atoms with Crippen LogP contribution in [0.4, 0.5) is 5.82 Å². The third-order valence-corrected chi connectivity index (χ3v) is 6.98. The number of esters is 1. The molecule has 0 saturated heterocycles. The van der Waals surface area contributed by atoms with Crippen molar-refractivity contribution in [2.24, 2.45) is 11.7 Å². The van der Waals surface area contributed by atoms with Crippen LogP contribution < -0.4 is 15.8 Å². The van der Waals surface area contributed by atoms with Crippen LogP contribution in [0.1, 0.15) is 46.5 Å². The number of rotatable bonds is 5. The van der Waals surface area contributed by atoms with E-state index in [0.717, 1.165) is 0 Å². The smallest absolute Gasteiger partial charge is 0.309 e. The summed E-state index contributed by atoms with van der Waals surface area (Å²) in [5.41, 5.74) is 4.86. The molecule has 32 heavy (non-hydrogen) atoms. The van der Waals surface area contributed by atoms with Crippen LogP contribution in [0.2, 0.25) is 5.02 Å². The van der Waals surface area contributed by atoms with Gasteiger partial charge in [0, 0.05) is 23.0 Å². The minimum absolute atomic E-state index is 0.0509. The van der Waals surface area contributed by atoms with E-state index >= 15 is 0 Å². The lowest BCUT2D eigenvalue weighted by molar-refractivity contribution is -0.161. The maximum absolute atomic E-state index is 13.0. The summed E-state index contributed by atoms with van der Waals surface area (Å²) in [6.07, 6.45) is 3.62. The molecule has 0 radical (unpaired) electrons. The minimum atomic E-state index is -3.83. The molecule has 11 heteroatoms. The molecule has 3 rings (SSSR count). The van der Waals surface area contributed by atoms with Crippen LogP contribution in [-0.2, 0) is 19.6 Å². The van der Waals surface area contributed by atoms with Gasteiger partial charge in [-0.15, -0.1) is 0 Å². The number of pyridine rings is 1. The van der Waals surface area contributed by atoms with E-state index in [1.807, 2.05) is 20.8 Å². The Morgan fingerprint density at radius 2 is 1.88 bits per heavy atom. The van der Waals surface area contributed by atoms with Gasteiger partial charge in [-0.1, -0.05) is 17.7 Å². The van der Waals surface area contributed by atoms with E-state index in [2.05, 4.69) is 15.0 Å². The topological polar surface area (TPSA) is 147 Å². The molecule has 174 valence electrons. The summed E-state index contributed by atoms with van der Waals surface area (Å²) in [5, 5.41) is 11.4. The van der Waals surface area contributed by atoms with Crippen molar-refractivity contribution in [2.75, 3.05) is 5.32 Å². The second-order valence-electron chi connectivity index (χ2n) is 8.90. The highest BCUT2D eigenvalue weighted by atomic mass is 35.5. The lowest BCUT2D eigenvalue weighted by atomic mass is 9.86. The average molecular weight is 482 g/mol. The Bertz CT molecular complexity index is 1140. The summed E-state index contributed by atoms with van der Waals surface area (Å²) in [5.74, 6) is -0.534. The van der Waals surface area contributed by atoms with Crippen molar-refractivity contribution < 1.29 is 17.9 Å². The van der Waals surface area contributed by atoms with Crippen molar-refractivity contribution in [2.45, 2.75) is 63.0 Å². The molecule has 0 atom stereocenters.